The molecule has 6 rings (SSSR count). The van der Waals surface area contributed by atoms with Crippen molar-refractivity contribution in [2.45, 2.75) is 18.5 Å². The first kappa shape index (κ1) is 44.7. The lowest BCUT2D eigenvalue weighted by Crippen LogP contribution is -2.43. The standard InChI is InChI=1S/C32H23Cl2F3N4O3.2C2HF3O2/c1-43-19-5-9-25-23(15-19)29(21-7-3-17(33)13-27(21)39-25)38-11-12-41(31(42)32(35,36)37)30-22-8-4-18(34)14-28(22)40-26-10-6-20(44-2)16-24(26)30;2*3-2(4,5)1(6)7/h3-10,13-16H,11-12H2,1-2H3,(H,38,39);2*(H,6,7). The number of carbonyl (C=O) groups is 3. The topological polar surface area (TPSA) is 151 Å². The second-order valence-corrected chi connectivity index (χ2v) is 12.4. The number of hydrogen-bond acceptors (Lipinski definition) is 8. The van der Waals surface area contributed by atoms with Crippen LogP contribution in [0.3, 0.4) is 0 Å². The van der Waals surface area contributed by atoms with Gasteiger partial charge >= 0.3 is 36.4 Å². The molecule has 0 spiro atoms. The van der Waals surface area contributed by atoms with Crippen LogP contribution in [0.2, 0.25) is 10.0 Å². The third kappa shape index (κ3) is 10.7. The number of anilines is 2. The van der Waals surface area contributed by atoms with Crippen LogP contribution in [0.15, 0.2) is 72.8 Å². The summed E-state index contributed by atoms with van der Waals surface area (Å²) in [5, 5.41) is 20.4. The van der Waals surface area contributed by atoms with Crippen molar-refractivity contribution in [1.82, 2.24) is 9.97 Å². The molecule has 2 heterocycles. The Labute approximate surface area is 329 Å². The summed E-state index contributed by atoms with van der Waals surface area (Å²) in [6, 6.07) is 20.0. The Kier molecular flexibility index (Phi) is 13.6. The van der Waals surface area contributed by atoms with Crippen LogP contribution in [0.4, 0.5) is 50.9 Å². The molecule has 4 aromatic carbocycles. The summed E-state index contributed by atoms with van der Waals surface area (Å²) in [5.41, 5.74) is 2.59. The van der Waals surface area contributed by atoms with Crippen LogP contribution in [0, 0.1) is 0 Å². The predicted molar refractivity (Wildman–Crippen MR) is 196 cm³/mol. The lowest BCUT2D eigenvalue weighted by atomic mass is 10.1. The number of fused-ring (bicyclic) bond motifs is 4. The van der Waals surface area contributed by atoms with E-state index in [1.807, 2.05) is 0 Å². The highest BCUT2D eigenvalue weighted by molar-refractivity contribution is 6.32. The number of nitrogens with one attached hydrogen (secondary N) is 1. The fraction of sp³-hybridized carbons (Fsp3) is 0.194. The molecular weight excluding hydrogens is 842 g/mol. The number of halogens is 11. The Morgan fingerprint density at radius 2 is 1.05 bits per heavy atom. The van der Waals surface area contributed by atoms with Crippen molar-refractivity contribution in [3.63, 3.8) is 0 Å². The lowest BCUT2D eigenvalue weighted by molar-refractivity contribution is -0.193. The summed E-state index contributed by atoms with van der Waals surface area (Å²) in [7, 11) is 2.98. The molecule has 1 amide bonds. The molecule has 0 atom stereocenters. The molecule has 308 valence electrons. The van der Waals surface area contributed by atoms with Gasteiger partial charge in [0, 0.05) is 44.7 Å². The van der Waals surface area contributed by atoms with Crippen LogP contribution in [-0.2, 0) is 14.4 Å². The maximum Gasteiger partial charge on any atom is 0.490 e. The second kappa shape index (κ2) is 17.6. The number of hydrogen-bond donors (Lipinski definition) is 3. The molecule has 0 bridgehead atoms. The highest BCUT2D eigenvalue weighted by Gasteiger charge is 2.44. The maximum atomic E-state index is 14.2. The highest BCUT2D eigenvalue weighted by Crippen LogP contribution is 2.39. The fourth-order valence-corrected chi connectivity index (χ4v) is 5.60. The number of benzene rings is 4. The molecule has 0 unspecified atom stereocenters. The van der Waals surface area contributed by atoms with Gasteiger partial charge in [0.25, 0.3) is 0 Å². The predicted octanol–water partition coefficient (Wildman–Crippen LogP) is 9.69. The van der Waals surface area contributed by atoms with E-state index >= 15 is 0 Å². The first-order valence-corrected chi connectivity index (χ1v) is 16.6. The van der Waals surface area contributed by atoms with Crippen molar-refractivity contribution >= 4 is 96.0 Å². The average Bonchev–Trinajstić information content (AvgIpc) is 3.14. The maximum absolute atomic E-state index is 14.2. The molecule has 6 aromatic rings. The Bertz CT molecular complexity index is 2490. The van der Waals surface area contributed by atoms with E-state index in [0.717, 1.165) is 4.90 Å². The third-order valence-electron chi connectivity index (χ3n) is 7.74. The number of aliphatic carboxylic acids is 2. The summed E-state index contributed by atoms with van der Waals surface area (Å²) in [5.74, 6) is -6.57. The molecular formula is C36H25Cl2F9N4O7. The minimum atomic E-state index is -5.16. The van der Waals surface area contributed by atoms with E-state index in [1.165, 1.54) is 14.2 Å². The lowest BCUT2D eigenvalue weighted by Gasteiger charge is -2.27. The smallest absolute Gasteiger partial charge is 0.490 e. The van der Waals surface area contributed by atoms with E-state index < -0.39 is 36.4 Å². The monoisotopic (exact) mass is 866 g/mol. The number of nitrogens with zero attached hydrogens (tertiary/aromatic N) is 3. The second-order valence-electron chi connectivity index (χ2n) is 11.5. The van der Waals surface area contributed by atoms with Crippen molar-refractivity contribution in [3.8, 4) is 11.5 Å². The van der Waals surface area contributed by atoms with Gasteiger partial charge in [-0.05, 0) is 72.8 Å². The fourth-order valence-electron chi connectivity index (χ4n) is 5.27. The van der Waals surface area contributed by atoms with E-state index in [-0.39, 0.29) is 18.8 Å². The minimum Gasteiger partial charge on any atom is -0.497 e. The zero-order valence-electron chi connectivity index (χ0n) is 29.3. The van der Waals surface area contributed by atoms with Gasteiger partial charge in [-0.2, -0.15) is 39.5 Å². The number of alkyl halides is 9. The van der Waals surface area contributed by atoms with Crippen LogP contribution in [0.1, 0.15) is 0 Å². The molecule has 0 aliphatic heterocycles. The number of amides is 1. The summed E-state index contributed by atoms with van der Waals surface area (Å²) >= 11 is 12.4. The van der Waals surface area contributed by atoms with Gasteiger partial charge in [0.1, 0.15) is 11.5 Å². The van der Waals surface area contributed by atoms with Gasteiger partial charge < -0.3 is 29.9 Å². The van der Waals surface area contributed by atoms with Gasteiger partial charge in [-0.25, -0.2) is 19.6 Å². The number of carbonyl (C=O) groups excluding carboxylic acids is 1. The SMILES string of the molecule is COc1ccc2nc3cc(Cl)ccc3c(NCCN(C(=O)C(F)(F)F)c3c4ccc(Cl)cc4nc4ccc(OC)cc34)c2c1.O=C(O)C(F)(F)F.O=C(O)C(F)(F)F. The van der Waals surface area contributed by atoms with Crippen molar-refractivity contribution in [1.29, 1.82) is 0 Å². The molecule has 22 heteroatoms. The van der Waals surface area contributed by atoms with Gasteiger partial charge in [0.2, 0.25) is 0 Å². The Hall–Kier alpha value is -6.02. The molecule has 0 radical (unpaired) electrons. The van der Waals surface area contributed by atoms with E-state index in [1.54, 1.807) is 72.8 Å². The first-order valence-electron chi connectivity index (χ1n) is 15.8. The molecule has 11 nitrogen and oxygen atoms in total. The quantitative estimate of drug-likeness (QED) is 0.105. The molecule has 58 heavy (non-hydrogen) atoms. The summed E-state index contributed by atoms with van der Waals surface area (Å²) in [4.78, 5) is 40.9. The van der Waals surface area contributed by atoms with Gasteiger partial charge in [-0.15, -0.1) is 0 Å². The summed E-state index contributed by atoms with van der Waals surface area (Å²) < 4.78 is 117. The third-order valence-corrected chi connectivity index (χ3v) is 8.21. The zero-order chi connectivity index (χ0) is 43.3. The molecule has 3 N–H and O–H groups in total. The number of methoxy groups -OCH3 is 2. The van der Waals surface area contributed by atoms with E-state index in [2.05, 4.69) is 10.3 Å². The van der Waals surface area contributed by atoms with E-state index in [9.17, 15) is 44.3 Å². The van der Waals surface area contributed by atoms with Gasteiger partial charge in [0.15, 0.2) is 0 Å². The van der Waals surface area contributed by atoms with Gasteiger partial charge in [-0.3, -0.25) is 4.79 Å². The average molecular weight is 868 g/mol. The zero-order valence-corrected chi connectivity index (χ0v) is 30.8. The molecule has 0 saturated carbocycles. The number of rotatable bonds is 7. The first-order chi connectivity index (χ1) is 27.0. The van der Waals surface area contributed by atoms with Gasteiger partial charge in [0.05, 0.1) is 47.7 Å². The van der Waals surface area contributed by atoms with Crippen molar-refractivity contribution in [3.05, 3.63) is 82.8 Å². The van der Waals surface area contributed by atoms with Crippen molar-refractivity contribution < 1.29 is 73.6 Å². The van der Waals surface area contributed by atoms with E-state index in [0.29, 0.717) is 70.8 Å². The van der Waals surface area contributed by atoms with Crippen LogP contribution in [0.25, 0.3) is 43.6 Å². The van der Waals surface area contributed by atoms with Crippen LogP contribution >= 0.6 is 23.2 Å². The molecule has 0 aliphatic rings. The summed E-state index contributed by atoms with van der Waals surface area (Å²) in [6.07, 6.45) is -15.3. The number of aromatic nitrogens is 2. The minimum absolute atomic E-state index is 0.0441. The Balaban J connectivity index is 0.000000456. The van der Waals surface area contributed by atoms with Crippen LogP contribution in [-0.4, -0.2) is 83.9 Å². The van der Waals surface area contributed by atoms with Crippen molar-refractivity contribution in [2.75, 3.05) is 37.5 Å². The number of pyridine rings is 2. The molecule has 2 aromatic heterocycles. The Morgan fingerprint density at radius 3 is 1.50 bits per heavy atom. The number of carboxylic acid groups (broad SMARTS) is 2. The number of ether oxygens (including phenoxy) is 2. The van der Waals surface area contributed by atoms with Crippen LogP contribution in [0.5, 0.6) is 11.5 Å². The van der Waals surface area contributed by atoms with Crippen LogP contribution < -0.4 is 19.7 Å². The molecule has 0 saturated heterocycles. The largest absolute Gasteiger partial charge is 0.497 e. The van der Waals surface area contributed by atoms with E-state index in [4.69, 9.17) is 57.5 Å². The summed E-state index contributed by atoms with van der Waals surface area (Å²) in [6.45, 7) is -0.409. The van der Waals surface area contributed by atoms with Crippen molar-refractivity contribution in [2.24, 2.45) is 0 Å². The molecule has 0 aliphatic carbocycles. The Morgan fingerprint density at radius 1 is 0.621 bits per heavy atom. The number of carboxylic acids is 2. The van der Waals surface area contributed by atoms with Gasteiger partial charge in [-0.1, -0.05) is 23.2 Å². The molecule has 0 fully saturated rings. The highest BCUT2D eigenvalue weighted by atomic mass is 35.5. The normalized spacial score (nSPS) is 11.7.